The molecule has 0 saturated carbocycles. The molecule has 0 saturated heterocycles. The second kappa shape index (κ2) is 8.43. The normalized spacial score (nSPS) is 11.8. The van der Waals surface area contributed by atoms with E-state index in [0.717, 1.165) is 5.56 Å². The lowest BCUT2D eigenvalue weighted by atomic mass is 9.87. The van der Waals surface area contributed by atoms with Gasteiger partial charge in [0.15, 0.2) is 0 Å². The Kier molecular flexibility index (Phi) is 6.08. The highest BCUT2D eigenvalue weighted by Gasteiger charge is 2.22. The molecular weight excluding hydrogens is 416 g/mol. The van der Waals surface area contributed by atoms with Crippen molar-refractivity contribution >= 4 is 27.3 Å². The van der Waals surface area contributed by atoms with E-state index in [1.165, 1.54) is 25.4 Å². The Labute approximate surface area is 182 Å². The molecule has 1 aromatic heterocycles. The topological polar surface area (TPSA) is 113 Å². The van der Waals surface area contributed by atoms with Gasteiger partial charge in [-0.25, -0.2) is 13.4 Å². The van der Waals surface area contributed by atoms with Crippen LogP contribution < -0.4 is 14.8 Å². The van der Waals surface area contributed by atoms with E-state index >= 15 is 0 Å². The zero-order chi connectivity index (χ0) is 22.8. The van der Waals surface area contributed by atoms with Crippen molar-refractivity contribution in [2.45, 2.75) is 38.0 Å². The number of anilines is 2. The summed E-state index contributed by atoms with van der Waals surface area (Å²) in [7, 11) is -2.59. The summed E-state index contributed by atoms with van der Waals surface area (Å²) in [6.45, 7) is 7.89. The van der Waals surface area contributed by atoms with Crippen LogP contribution in [0.5, 0.6) is 5.75 Å². The SMILES string of the molecule is COc1ccc(NC(=O)c2cnc(C)[nH]2)cc1S(=O)(=O)Nc1cccc(C(C)(C)C)c1. The number of rotatable bonds is 6. The van der Waals surface area contributed by atoms with Gasteiger partial charge in [0, 0.05) is 11.4 Å². The van der Waals surface area contributed by atoms with Gasteiger partial charge in [-0.3, -0.25) is 9.52 Å². The Hall–Kier alpha value is -3.33. The van der Waals surface area contributed by atoms with Crippen molar-refractivity contribution < 1.29 is 17.9 Å². The van der Waals surface area contributed by atoms with Crippen molar-refractivity contribution in [2.24, 2.45) is 0 Å². The maximum absolute atomic E-state index is 13.1. The summed E-state index contributed by atoms with van der Waals surface area (Å²) in [5.41, 5.74) is 1.89. The molecule has 2 aromatic carbocycles. The molecule has 3 rings (SSSR count). The largest absolute Gasteiger partial charge is 0.495 e. The number of methoxy groups -OCH3 is 1. The molecule has 0 atom stereocenters. The third-order valence-corrected chi connectivity index (χ3v) is 6.04. The first-order valence-electron chi connectivity index (χ1n) is 9.64. The summed E-state index contributed by atoms with van der Waals surface area (Å²) in [4.78, 5) is 19.1. The molecule has 0 spiro atoms. The van der Waals surface area contributed by atoms with E-state index in [1.54, 1.807) is 31.2 Å². The zero-order valence-corrected chi connectivity index (χ0v) is 18.9. The van der Waals surface area contributed by atoms with Crippen LogP contribution >= 0.6 is 0 Å². The monoisotopic (exact) mass is 442 g/mol. The second-order valence-corrected chi connectivity index (χ2v) is 9.79. The van der Waals surface area contributed by atoms with Gasteiger partial charge in [-0.2, -0.15) is 0 Å². The van der Waals surface area contributed by atoms with Gasteiger partial charge in [-0.05, 0) is 48.2 Å². The van der Waals surface area contributed by atoms with Crippen molar-refractivity contribution in [3.8, 4) is 5.75 Å². The molecule has 0 aliphatic rings. The molecule has 0 bridgehead atoms. The summed E-state index contributed by atoms with van der Waals surface area (Å²) >= 11 is 0. The third kappa shape index (κ3) is 5.24. The van der Waals surface area contributed by atoms with Crippen molar-refractivity contribution in [1.29, 1.82) is 0 Å². The minimum Gasteiger partial charge on any atom is -0.495 e. The number of aromatic amines is 1. The molecule has 0 fully saturated rings. The molecule has 164 valence electrons. The summed E-state index contributed by atoms with van der Waals surface area (Å²) in [6, 6.07) is 11.7. The number of sulfonamides is 1. The smallest absolute Gasteiger partial charge is 0.273 e. The van der Waals surface area contributed by atoms with Crippen LogP contribution in [-0.2, 0) is 15.4 Å². The number of aryl methyl sites for hydroxylation is 1. The van der Waals surface area contributed by atoms with Crippen molar-refractivity contribution in [1.82, 2.24) is 9.97 Å². The summed E-state index contributed by atoms with van der Waals surface area (Å²) in [5, 5.41) is 2.67. The Morgan fingerprint density at radius 2 is 1.84 bits per heavy atom. The maximum atomic E-state index is 13.1. The second-order valence-electron chi connectivity index (χ2n) is 8.14. The number of amides is 1. The van der Waals surface area contributed by atoms with E-state index < -0.39 is 15.9 Å². The number of hydrogen-bond donors (Lipinski definition) is 3. The fourth-order valence-corrected chi connectivity index (χ4v) is 4.20. The molecule has 0 unspecified atom stereocenters. The number of aromatic nitrogens is 2. The van der Waals surface area contributed by atoms with Crippen LogP contribution in [0.1, 0.15) is 42.6 Å². The van der Waals surface area contributed by atoms with Gasteiger partial charge in [-0.1, -0.05) is 32.9 Å². The first-order chi connectivity index (χ1) is 14.5. The fourth-order valence-electron chi connectivity index (χ4n) is 2.96. The number of benzene rings is 2. The number of nitrogens with one attached hydrogen (secondary N) is 3. The molecule has 9 heteroatoms. The number of hydrogen-bond acceptors (Lipinski definition) is 5. The average Bonchev–Trinajstić information content (AvgIpc) is 3.14. The Balaban J connectivity index is 1.91. The average molecular weight is 443 g/mol. The molecule has 0 aliphatic heterocycles. The van der Waals surface area contributed by atoms with Crippen LogP contribution in [-0.4, -0.2) is 31.4 Å². The lowest BCUT2D eigenvalue weighted by Gasteiger charge is -2.20. The molecule has 0 radical (unpaired) electrons. The number of H-pyrrole nitrogens is 1. The number of carbonyl (C=O) groups is 1. The molecule has 0 aliphatic carbocycles. The van der Waals surface area contributed by atoms with Crippen molar-refractivity contribution in [3.63, 3.8) is 0 Å². The highest BCUT2D eigenvalue weighted by Crippen LogP contribution is 2.30. The van der Waals surface area contributed by atoms with Gasteiger partial charge in [0.05, 0.1) is 13.3 Å². The Morgan fingerprint density at radius 3 is 2.45 bits per heavy atom. The van der Waals surface area contributed by atoms with Gasteiger partial charge in [0.2, 0.25) is 0 Å². The molecule has 3 aromatic rings. The number of nitrogens with zero attached hydrogens (tertiary/aromatic N) is 1. The number of imidazole rings is 1. The molecular formula is C22H26N4O4S. The quantitative estimate of drug-likeness (QED) is 0.532. The van der Waals surface area contributed by atoms with Crippen molar-refractivity contribution in [3.05, 3.63) is 65.7 Å². The Morgan fingerprint density at radius 1 is 1.10 bits per heavy atom. The third-order valence-electron chi connectivity index (χ3n) is 4.64. The lowest BCUT2D eigenvalue weighted by Crippen LogP contribution is -2.17. The molecule has 8 nitrogen and oxygen atoms in total. The van der Waals surface area contributed by atoms with E-state index in [2.05, 4.69) is 40.8 Å². The zero-order valence-electron chi connectivity index (χ0n) is 18.1. The van der Waals surface area contributed by atoms with Gasteiger partial charge < -0.3 is 15.0 Å². The summed E-state index contributed by atoms with van der Waals surface area (Å²) in [5.74, 6) is 0.333. The minimum absolute atomic E-state index is 0.0882. The van der Waals surface area contributed by atoms with Crippen LogP contribution in [0.15, 0.2) is 53.6 Å². The Bertz CT molecular complexity index is 1210. The van der Waals surface area contributed by atoms with Gasteiger partial charge in [0.25, 0.3) is 15.9 Å². The van der Waals surface area contributed by atoms with E-state index in [4.69, 9.17) is 4.74 Å². The van der Waals surface area contributed by atoms with Crippen LogP contribution in [0, 0.1) is 6.92 Å². The van der Waals surface area contributed by atoms with E-state index in [0.29, 0.717) is 17.2 Å². The predicted octanol–water partition coefficient (Wildman–Crippen LogP) is 4.08. The van der Waals surface area contributed by atoms with Crippen LogP contribution in [0.3, 0.4) is 0 Å². The van der Waals surface area contributed by atoms with E-state index in [9.17, 15) is 13.2 Å². The van der Waals surface area contributed by atoms with Gasteiger partial charge in [-0.15, -0.1) is 0 Å². The van der Waals surface area contributed by atoms with Gasteiger partial charge >= 0.3 is 0 Å². The molecule has 31 heavy (non-hydrogen) atoms. The summed E-state index contributed by atoms with van der Waals surface area (Å²) < 4.78 is 34.1. The van der Waals surface area contributed by atoms with E-state index in [-0.39, 0.29) is 21.8 Å². The standard InChI is InChI=1S/C22H26N4O4S/c1-14-23-13-18(24-14)21(27)25-16-9-10-19(30-5)20(12-16)31(28,29)26-17-8-6-7-15(11-17)22(2,3)4/h6-13,26H,1-5H3,(H,23,24)(H,25,27). The molecule has 1 amide bonds. The van der Waals surface area contributed by atoms with Crippen LogP contribution in [0.2, 0.25) is 0 Å². The highest BCUT2D eigenvalue weighted by molar-refractivity contribution is 7.92. The molecule has 3 N–H and O–H groups in total. The van der Waals surface area contributed by atoms with Crippen LogP contribution in [0.25, 0.3) is 0 Å². The van der Waals surface area contributed by atoms with Crippen LogP contribution in [0.4, 0.5) is 11.4 Å². The number of ether oxygens (including phenoxy) is 1. The first-order valence-corrected chi connectivity index (χ1v) is 11.1. The minimum atomic E-state index is -3.98. The first kappa shape index (κ1) is 22.4. The maximum Gasteiger partial charge on any atom is 0.273 e. The molecule has 1 heterocycles. The fraction of sp³-hybridized carbons (Fsp3) is 0.273. The highest BCUT2D eigenvalue weighted by atomic mass is 32.2. The predicted molar refractivity (Wildman–Crippen MR) is 120 cm³/mol. The lowest BCUT2D eigenvalue weighted by molar-refractivity contribution is 0.102. The van der Waals surface area contributed by atoms with E-state index in [1.807, 2.05) is 6.07 Å². The van der Waals surface area contributed by atoms with Gasteiger partial charge in [0.1, 0.15) is 22.2 Å². The van der Waals surface area contributed by atoms with Crippen molar-refractivity contribution in [2.75, 3.05) is 17.1 Å². The number of carbonyl (C=O) groups excluding carboxylic acids is 1. The summed E-state index contributed by atoms with van der Waals surface area (Å²) in [6.07, 6.45) is 1.41.